The molecule has 4 aromatic rings. The fourth-order valence-electron chi connectivity index (χ4n) is 3.80. The molecule has 10 heteroatoms. The summed E-state index contributed by atoms with van der Waals surface area (Å²) in [5, 5.41) is 7.80. The molecule has 0 unspecified atom stereocenters. The summed E-state index contributed by atoms with van der Waals surface area (Å²) in [5.41, 5.74) is 2.82. The number of carbonyl (C=O) groups is 1. The van der Waals surface area contributed by atoms with Crippen LogP contribution in [0.4, 0.5) is 5.69 Å². The highest BCUT2D eigenvalue weighted by Gasteiger charge is 2.16. The maximum atomic E-state index is 13.4. The molecule has 3 aromatic carbocycles. The van der Waals surface area contributed by atoms with Gasteiger partial charge in [0.1, 0.15) is 5.82 Å². The zero-order valence-electron chi connectivity index (χ0n) is 22.0. The van der Waals surface area contributed by atoms with Crippen molar-refractivity contribution in [3.63, 3.8) is 0 Å². The maximum Gasteiger partial charge on any atom is 0.282 e. The van der Waals surface area contributed by atoms with Gasteiger partial charge in [0.2, 0.25) is 0 Å². The summed E-state index contributed by atoms with van der Waals surface area (Å²) in [6, 6.07) is 16.4. The molecular formula is C29H28Br2N4O4. The van der Waals surface area contributed by atoms with Crippen molar-refractivity contribution in [2.24, 2.45) is 5.10 Å². The maximum absolute atomic E-state index is 13.4. The van der Waals surface area contributed by atoms with E-state index < -0.39 is 0 Å². The van der Waals surface area contributed by atoms with Gasteiger partial charge in [-0.2, -0.15) is 9.78 Å². The molecule has 0 aliphatic heterocycles. The second kappa shape index (κ2) is 12.6. The van der Waals surface area contributed by atoms with Crippen LogP contribution in [0.3, 0.4) is 0 Å². The first-order chi connectivity index (χ1) is 18.7. The van der Waals surface area contributed by atoms with E-state index in [4.69, 9.17) is 14.5 Å². The fourth-order valence-corrected chi connectivity index (χ4v) is 4.58. The Kier molecular flexibility index (Phi) is 9.19. The predicted octanol–water partition coefficient (Wildman–Crippen LogP) is 6.65. The minimum absolute atomic E-state index is 0.0164. The zero-order valence-corrected chi connectivity index (χ0v) is 25.2. The number of halogens is 2. The first-order valence-corrected chi connectivity index (χ1v) is 13.9. The van der Waals surface area contributed by atoms with Crippen molar-refractivity contribution in [2.75, 3.05) is 19.0 Å². The van der Waals surface area contributed by atoms with Crippen LogP contribution >= 0.6 is 31.9 Å². The molecule has 0 spiro atoms. The van der Waals surface area contributed by atoms with Gasteiger partial charge in [-0.1, -0.05) is 47.5 Å². The fraction of sp³-hybridized carbons (Fsp3) is 0.241. The molecule has 0 radical (unpaired) electrons. The Morgan fingerprint density at radius 2 is 1.87 bits per heavy atom. The molecule has 0 saturated carbocycles. The molecule has 8 nitrogen and oxygen atoms in total. The Morgan fingerprint density at radius 3 is 2.56 bits per heavy atom. The third-order valence-electron chi connectivity index (χ3n) is 6.18. The van der Waals surface area contributed by atoms with Crippen LogP contribution in [0.25, 0.3) is 10.9 Å². The van der Waals surface area contributed by atoms with Crippen LogP contribution in [0.15, 0.2) is 73.4 Å². The molecule has 1 heterocycles. The Hall–Kier alpha value is -3.50. The molecule has 1 aromatic heterocycles. The number of nitrogens with zero attached hydrogens (tertiary/aromatic N) is 3. The van der Waals surface area contributed by atoms with Gasteiger partial charge in [-0.3, -0.25) is 9.59 Å². The highest BCUT2D eigenvalue weighted by atomic mass is 79.9. The number of methoxy groups -OCH3 is 1. The Labute approximate surface area is 243 Å². The summed E-state index contributed by atoms with van der Waals surface area (Å²) in [7, 11) is 1.51. The first kappa shape index (κ1) is 28.5. The number of anilines is 1. The van der Waals surface area contributed by atoms with Crippen LogP contribution in [-0.4, -0.2) is 35.5 Å². The van der Waals surface area contributed by atoms with E-state index >= 15 is 0 Å². The SMILES string of the molecule is CC[C@H](C)c1nc2ccc(Br)cc2c(=O)n1N=Cc1cc(OC)c(OCC(=O)Nc2ccc(C)cc2)cc1Br. The van der Waals surface area contributed by atoms with Crippen molar-refractivity contribution in [3.8, 4) is 11.5 Å². The molecule has 0 fully saturated rings. The monoisotopic (exact) mass is 654 g/mol. The lowest BCUT2D eigenvalue weighted by molar-refractivity contribution is -0.118. The summed E-state index contributed by atoms with van der Waals surface area (Å²) in [6.07, 6.45) is 2.37. The molecule has 4 rings (SSSR count). The van der Waals surface area contributed by atoms with Gasteiger partial charge in [0.25, 0.3) is 11.5 Å². The Bertz CT molecular complexity index is 1600. The van der Waals surface area contributed by atoms with E-state index in [1.807, 2.05) is 57.2 Å². The van der Waals surface area contributed by atoms with E-state index in [-0.39, 0.29) is 24.0 Å². The number of ether oxygens (including phenoxy) is 2. The van der Waals surface area contributed by atoms with Crippen molar-refractivity contribution in [3.05, 3.63) is 90.8 Å². The molecule has 1 amide bonds. The van der Waals surface area contributed by atoms with E-state index in [2.05, 4.69) is 42.3 Å². The molecule has 0 aliphatic carbocycles. The standard InChI is InChI=1S/C29H28Br2N4O4/c1-5-18(3)28-34-24-11-8-20(30)13-22(24)29(37)35(28)32-15-19-12-25(38-4)26(14-23(19)31)39-16-27(36)33-21-9-6-17(2)7-10-21/h6-15,18H,5,16H2,1-4H3,(H,33,36)/t18-/m0/s1. The van der Waals surface area contributed by atoms with Crippen molar-refractivity contribution in [2.45, 2.75) is 33.1 Å². The number of amides is 1. The topological polar surface area (TPSA) is 94.8 Å². The lowest BCUT2D eigenvalue weighted by atomic mass is 10.1. The number of nitrogens with one attached hydrogen (secondary N) is 1. The van der Waals surface area contributed by atoms with E-state index in [0.717, 1.165) is 16.5 Å². The van der Waals surface area contributed by atoms with Crippen LogP contribution in [0.5, 0.6) is 11.5 Å². The average molecular weight is 656 g/mol. The van der Waals surface area contributed by atoms with Crippen LogP contribution < -0.4 is 20.3 Å². The number of hydrogen-bond acceptors (Lipinski definition) is 6. The highest BCUT2D eigenvalue weighted by molar-refractivity contribution is 9.10. The van der Waals surface area contributed by atoms with E-state index in [0.29, 0.717) is 43.9 Å². The number of carbonyl (C=O) groups excluding carboxylic acids is 1. The van der Waals surface area contributed by atoms with Gasteiger partial charge in [0.15, 0.2) is 18.1 Å². The summed E-state index contributed by atoms with van der Waals surface area (Å²) in [5.74, 6) is 1.10. The molecule has 0 aliphatic rings. The number of hydrogen-bond donors (Lipinski definition) is 1. The molecule has 39 heavy (non-hydrogen) atoms. The van der Waals surface area contributed by atoms with Gasteiger partial charge in [-0.15, -0.1) is 0 Å². The van der Waals surface area contributed by atoms with Crippen molar-refractivity contribution < 1.29 is 14.3 Å². The van der Waals surface area contributed by atoms with Crippen LogP contribution in [0.2, 0.25) is 0 Å². The van der Waals surface area contributed by atoms with Gasteiger partial charge >= 0.3 is 0 Å². The molecule has 0 bridgehead atoms. The summed E-state index contributed by atoms with van der Waals surface area (Å²) < 4.78 is 14.0. The van der Waals surface area contributed by atoms with Crippen LogP contribution in [-0.2, 0) is 4.79 Å². The predicted molar refractivity (Wildman–Crippen MR) is 161 cm³/mol. The highest BCUT2D eigenvalue weighted by Crippen LogP contribution is 2.33. The number of aromatic nitrogens is 2. The largest absolute Gasteiger partial charge is 0.493 e. The zero-order chi connectivity index (χ0) is 28.1. The number of aryl methyl sites for hydroxylation is 1. The summed E-state index contributed by atoms with van der Waals surface area (Å²) in [4.78, 5) is 30.5. The van der Waals surface area contributed by atoms with Crippen LogP contribution in [0.1, 0.15) is 43.1 Å². The van der Waals surface area contributed by atoms with E-state index in [1.54, 1.807) is 24.4 Å². The molecule has 1 N–H and O–H groups in total. The second-order valence-corrected chi connectivity index (χ2v) is 10.8. The number of benzene rings is 3. The quantitative estimate of drug-likeness (QED) is 0.204. The molecule has 202 valence electrons. The molecule has 0 saturated heterocycles. The van der Waals surface area contributed by atoms with Crippen molar-refractivity contribution in [1.29, 1.82) is 0 Å². The molecule has 1 atom stereocenters. The van der Waals surface area contributed by atoms with Gasteiger partial charge < -0.3 is 14.8 Å². The van der Waals surface area contributed by atoms with Crippen molar-refractivity contribution in [1.82, 2.24) is 9.66 Å². The van der Waals surface area contributed by atoms with Gasteiger partial charge in [0, 0.05) is 26.1 Å². The second-order valence-electron chi connectivity index (χ2n) is 9.03. The van der Waals surface area contributed by atoms with E-state index in [1.165, 1.54) is 11.8 Å². The summed E-state index contributed by atoms with van der Waals surface area (Å²) >= 11 is 6.97. The lowest BCUT2D eigenvalue weighted by Gasteiger charge is -2.15. The summed E-state index contributed by atoms with van der Waals surface area (Å²) in [6.45, 7) is 5.83. The first-order valence-electron chi connectivity index (χ1n) is 12.3. The minimum atomic E-state index is -0.296. The van der Waals surface area contributed by atoms with Gasteiger partial charge in [-0.25, -0.2) is 4.98 Å². The Balaban J connectivity index is 1.60. The van der Waals surface area contributed by atoms with Crippen LogP contribution in [0, 0.1) is 6.92 Å². The normalized spacial score (nSPS) is 12.1. The number of rotatable bonds is 9. The van der Waals surface area contributed by atoms with Crippen molar-refractivity contribution >= 4 is 60.6 Å². The molecular weight excluding hydrogens is 628 g/mol. The lowest BCUT2D eigenvalue weighted by Crippen LogP contribution is -2.23. The smallest absolute Gasteiger partial charge is 0.282 e. The van der Waals surface area contributed by atoms with Gasteiger partial charge in [0.05, 0.1) is 24.2 Å². The average Bonchev–Trinajstić information content (AvgIpc) is 2.93. The third-order valence-corrected chi connectivity index (χ3v) is 7.36. The third kappa shape index (κ3) is 6.75. The van der Waals surface area contributed by atoms with E-state index in [9.17, 15) is 9.59 Å². The Morgan fingerprint density at radius 1 is 1.13 bits per heavy atom. The number of fused-ring (bicyclic) bond motifs is 1. The minimum Gasteiger partial charge on any atom is -0.493 e. The van der Waals surface area contributed by atoms with Gasteiger partial charge in [-0.05, 0) is 71.7 Å².